The van der Waals surface area contributed by atoms with Crippen LogP contribution in [-0.4, -0.2) is 22.4 Å². The van der Waals surface area contributed by atoms with Gasteiger partial charge in [0.2, 0.25) is 0 Å². The number of aromatic nitrogens is 1. The minimum Gasteiger partial charge on any atom is -0.318 e. The van der Waals surface area contributed by atoms with Crippen LogP contribution in [0.4, 0.5) is 10.5 Å². The number of anilines is 1. The summed E-state index contributed by atoms with van der Waals surface area (Å²) >= 11 is 0. The van der Waals surface area contributed by atoms with Crippen LogP contribution in [0, 0.1) is 27.7 Å². The van der Waals surface area contributed by atoms with Gasteiger partial charge in [-0.2, -0.15) is 0 Å². The Hall–Kier alpha value is -3.93. The van der Waals surface area contributed by atoms with E-state index < -0.39 is 17.8 Å². The summed E-state index contributed by atoms with van der Waals surface area (Å²) in [5.41, 5.74) is 7.13. The summed E-state index contributed by atoms with van der Waals surface area (Å²) in [6, 6.07) is 15.1. The quantitative estimate of drug-likeness (QED) is 0.397. The molecule has 6 heteroatoms. The minimum atomic E-state index is -0.744. The summed E-state index contributed by atoms with van der Waals surface area (Å²) in [5, 5.41) is 2.31. The van der Waals surface area contributed by atoms with E-state index in [-0.39, 0.29) is 11.0 Å². The SMILES string of the molecule is Cc1cc(C)cc(N2C(=O)NC(=O)/C(=C\c3cc(C)n(-c4ccc(C(C)(C)C)cc4)c3C)C2=O)c1. The lowest BCUT2D eigenvalue weighted by Crippen LogP contribution is -2.54. The minimum absolute atomic E-state index is 0.0583. The van der Waals surface area contributed by atoms with E-state index in [1.807, 2.05) is 39.8 Å². The average Bonchev–Trinajstić information content (AvgIpc) is 3.02. The van der Waals surface area contributed by atoms with Crippen LogP contribution in [0.15, 0.2) is 54.1 Å². The molecular formula is C29H31N3O3. The van der Waals surface area contributed by atoms with E-state index in [0.29, 0.717) is 5.69 Å². The Morgan fingerprint density at radius 1 is 0.800 bits per heavy atom. The highest BCUT2D eigenvalue weighted by Gasteiger charge is 2.37. The summed E-state index contributed by atoms with van der Waals surface area (Å²) in [5.74, 6) is -1.33. The second-order valence-electron chi connectivity index (χ2n) is 10.3. The molecule has 0 aliphatic carbocycles. The van der Waals surface area contributed by atoms with Crippen molar-refractivity contribution in [2.45, 2.75) is 53.9 Å². The van der Waals surface area contributed by atoms with Crippen LogP contribution in [0.25, 0.3) is 11.8 Å². The van der Waals surface area contributed by atoms with Gasteiger partial charge in [0.15, 0.2) is 0 Å². The highest BCUT2D eigenvalue weighted by molar-refractivity contribution is 6.39. The number of carbonyl (C=O) groups excluding carboxylic acids is 3. The average molecular weight is 470 g/mol. The van der Waals surface area contributed by atoms with Gasteiger partial charge < -0.3 is 4.57 Å². The first-order chi connectivity index (χ1) is 16.4. The fraction of sp³-hybridized carbons (Fsp3) is 0.276. The zero-order valence-corrected chi connectivity index (χ0v) is 21.3. The van der Waals surface area contributed by atoms with Crippen LogP contribution in [0.5, 0.6) is 0 Å². The van der Waals surface area contributed by atoms with Gasteiger partial charge in [-0.05, 0) is 91.8 Å². The van der Waals surface area contributed by atoms with E-state index in [4.69, 9.17) is 0 Å². The van der Waals surface area contributed by atoms with Gasteiger partial charge in [-0.3, -0.25) is 14.9 Å². The molecule has 0 radical (unpaired) electrons. The van der Waals surface area contributed by atoms with E-state index in [9.17, 15) is 14.4 Å². The van der Waals surface area contributed by atoms with Gasteiger partial charge in [0.25, 0.3) is 11.8 Å². The molecule has 0 saturated carbocycles. The van der Waals surface area contributed by atoms with Gasteiger partial charge in [0.1, 0.15) is 5.57 Å². The Morgan fingerprint density at radius 2 is 1.40 bits per heavy atom. The number of nitrogens with one attached hydrogen (secondary N) is 1. The first-order valence-corrected chi connectivity index (χ1v) is 11.7. The summed E-state index contributed by atoms with van der Waals surface area (Å²) in [4.78, 5) is 39.6. The molecule has 1 aliphatic heterocycles. The Balaban J connectivity index is 1.74. The molecule has 1 fully saturated rings. The Kier molecular flexibility index (Phi) is 6.01. The van der Waals surface area contributed by atoms with Crippen molar-refractivity contribution >= 4 is 29.6 Å². The second kappa shape index (κ2) is 8.69. The zero-order valence-electron chi connectivity index (χ0n) is 21.3. The first kappa shape index (κ1) is 24.2. The summed E-state index contributed by atoms with van der Waals surface area (Å²) in [7, 11) is 0. The Labute approximate surface area is 206 Å². The lowest BCUT2D eigenvalue weighted by molar-refractivity contribution is -0.122. The molecule has 4 amide bonds. The molecule has 2 heterocycles. The van der Waals surface area contributed by atoms with E-state index in [1.54, 1.807) is 18.2 Å². The molecule has 6 nitrogen and oxygen atoms in total. The van der Waals surface area contributed by atoms with Crippen LogP contribution in [0.2, 0.25) is 0 Å². The molecule has 1 N–H and O–H groups in total. The van der Waals surface area contributed by atoms with Gasteiger partial charge >= 0.3 is 6.03 Å². The number of rotatable bonds is 3. The number of aryl methyl sites for hydroxylation is 3. The van der Waals surface area contributed by atoms with Crippen LogP contribution in [-0.2, 0) is 15.0 Å². The van der Waals surface area contributed by atoms with E-state index in [0.717, 1.165) is 38.7 Å². The molecule has 3 aromatic rings. The normalized spacial score (nSPS) is 15.7. The van der Waals surface area contributed by atoms with Crippen LogP contribution in [0.1, 0.15) is 54.4 Å². The molecule has 35 heavy (non-hydrogen) atoms. The topological polar surface area (TPSA) is 71.4 Å². The van der Waals surface area contributed by atoms with E-state index >= 15 is 0 Å². The van der Waals surface area contributed by atoms with Crippen LogP contribution >= 0.6 is 0 Å². The number of carbonyl (C=O) groups is 3. The van der Waals surface area contributed by atoms with E-state index in [2.05, 4.69) is 54.9 Å². The highest BCUT2D eigenvalue weighted by Crippen LogP contribution is 2.28. The van der Waals surface area contributed by atoms with Crippen molar-refractivity contribution in [2.24, 2.45) is 0 Å². The lowest BCUT2D eigenvalue weighted by atomic mass is 9.87. The third-order valence-corrected chi connectivity index (χ3v) is 6.33. The predicted molar refractivity (Wildman–Crippen MR) is 139 cm³/mol. The molecule has 0 atom stereocenters. The number of imide groups is 2. The maximum absolute atomic E-state index is 13.3. The molecule has 1 saturated heterocycles. The number of benzene rings is 2. The largest absolute Gasteiger partial charge is 0.335 e. The molecular weight excluding hydrogens is 438 g/mol. The van der Waals surface area contributed by atoms with Gasteiger partial charge in [-0.25, -0.2) is 9.69 Å². The second-order valence-corrected chi connectivity index (χ2v) is 10.3. The fourth-order valence-corrected chi connectivity index (χ4v) is 4.57. The molecule has 1 aromatic heterocycles. The maximum Gasteiger partial charge on any atom is 0.335 e. The van der Waals surface area contributed by atoms with Crippen molar-refractivity contribution in [1.29, 1.82) is 0 Å². The third kappa shape index (κ3) is 4.56. The number of amides is 4. The van der Waals surface area contributed by atoms with Crippen LogP contribution < -0.4 is 10.2 Å². The molecule has 180 valence electrons. The van der Waals surface area contributed by atoms with Gasteiger partial charge in [0, 0.05) is 17.1 Å². The van der Waals surface area contributed by atoms with Crippen molar-refractivity contribution in [3.8, 4) is 5.69 Å². The third-order valence-electron chi connectivity index (χ3n) is 6.33. The van der Waals surface area contributed by atoms with Crippen molar-refractivity contribution < 1.29 is 14.4 Å². The summed E-state index contributed by atoms with van der Waals surface area (Å²) < 4.78 is 2.09. The van der Waals surface area contributed by atoms with Crippen molar-refractivity contribution in [3.05, 3.63) is 87.7 Å². The molecule has 0 spiro atoms. The monoisotopic (exact) mass is 469 g/mol. The highest BCUT2D eigenvalue weighted by atomic mass is 16.2. The van der Waals surface area contributed by atoms with Gasteiger partial charge in [0.05, 0.1) is 5.69 Å². The fourth-order valence-electron chi connectivity index (χ4n) is 4.57. The lowest BCUT2D eigenvalue weighted by Gasteiger charge is -2.27. The molecule has 0 bridgehead atoms. The maximum atomic E-state index is 13.3. The van der Waals surface area contributed by atoms with Crippen molar-refractivity contribution in [3.63, 3.8) is 0 Å². The van der Waals surface area contributed by atoms with Gasteiger partial charge in [-0.15, -0.1) is 0 Å². The molecule has 4 rings (SSSR count). The standard InChI is InChI=1S/C29H31N3O3/c1-17-12-18(2)14-24(13-17)32-27(34)25(26(33)30-28(32)35)16-21-15-19(3)31(20(21)4)23-10-8-22(9-11-23)29(5,6)7/h8-16H,1-7H3,(H,30,33,35)/b25-16+. The van der Waals surface area contributed by atoms with Crippen LogP contribution in [0.3, 0.4) is 0 Å². The predicted octanol–water partition coefficient (Wildman–Crippen LogP) is 5.67. The number of hydrogen-bond donors (Lipinski definition) is 1. The number of barbiturate groups is 1. The number of nitrogens with zero attached hydrogens (tertiary/aromatic N) is 2. The molecule has 0 unspecified atom stereocenters. The van der Waals surface area contributed by atoms with Crippen molar-refractivity contribution in [1.82, 2.24) is 9.88 Å². The first-order valence-electron chi connectivity index (χ1n) is 11.7. The summed E-state index contributed by atoms with van der Waals surface area (Å²) in [6.07, 6.45) is 1.57. The Morgan fingerprint density at radius 3 is 1.97 bits per heavy atom. The van der Waals surface area contributed by atoms with Crippen molar-refractivity contribution in [2.75, 3.05) is 4.90 Å². The Bertz CT molecular complexity index is 1370. The molecule has 2 aromatic carbocycles. The number of urea groups is 1. The van der Waals surface area contributed by atoms with Gasteiger partial charge in [-0.1, -0.05) is 39.0 Å². The number of hydrogen-bond acceptors (Lipinski definition) is 3. The molecule has 1 aliphatic rings. The zero-order chi connectivity index (χ0) is 25.7. The smallest absolute Gasteiger partial charge is 0.318 e. The summed E-state index contributed by atoms with van der Waals surface area (Å²) in [6.45, 7) is 14.3. The van der Waals surface area contributed by atoms with E-state index in [1.165, 1.54) is 5.56 Å².